The van der Waals surface area contributed by atoms with E-state index in [-0.39, 0.29) is 18.0 Å². The highest BCUT2D eigenvalue weighted by atomic mass is 16.6. The average molecular weight is 285 g/mol. The Morgan fingerprint density at radius 3 is 2.65 bits per heavy atom. The number of likely N-dealkylation sites (tertiary alicyclic amines) is 1. The van der Waals surface area contributed by atoms with Crippen LogP contribution in [0.5, 0.6) is 0 Å². The Bertz CT molecular complexity index is 339. The van der Waals surface area contributed by atoms with Crippen LogP contribution < -0.4 is 10.6 Å². The van der Waals surface area contributed by atoms with Gasteiger partial charge in [0, 0.05) is 19.1 Å². The van der Waals surface area contributed by atoms with Crippen molar-refractivity contribution in [2.24, 2.45) is 0 Å². The molecule has 0 aliphatic carbocycles. The molecule has 0 radical (unpaired) electrons. The zero-order valence-corrected chi connectivity index (χ0v) is 13.0. The second kappa shape index (κ2) is 7.47. The fraction of sp³-hybridized carbons (Fsp3) is 0.857. The number of likely N-dealkylation sites (N-methyl/N-ethyl adjacent to an activating group) is 1. The van der Waals surface area contributed by atoms with E-state index in [4.69, 9.17) is 4.74 Å². The van der Waals surface area contributed by atoms with E-state index in [0.717, 1.165) is 19.4 Å². The van der Waals surface area contributed by atoms with E-state index in [9.17, 15) is 9.59 Å². The van der Waals surface area contributed by atoms with Crippen molar-refractivity contribution in [1.82, 2.24) is 15.5 Å². The number of hydrogen-bond acceptors (Lipinski definition) is 4. The van der Waals surface area contributed by atoms with E-state index in [1.165, 1.54) is 0 Å². The third-order valence-corrected chi connectivity index (χ3v) is 2.97. The maximum atomic E-state index is 11.7. The lowest BCUT2D eigenvalue weighted by atomic mass is 10.1. The van der Waals surface area contributed by atoms with E-state index in [2.05, 4.69) is 15.5 Å². The summed E-state index contributed by atoms with van der Waals surface area (Å²) in [5.41, 5.74) is -0.487. The molecule has 20 heavy (non-hydrogen) atoms. The highest BCUT2D eigenvalue weighted by Crippen LogP contribution is 2.12. The molecule has 0 saturated carbocycles. The number of piperidine rings is 1. The number of nitrogens with one attached hydrogen (secondary N) is 2. The Labute approximate surface area is 121 Å². The van der Waals surface area contributed by atoms with Crippen LogP contribution in [0.15, 0.2) is 0 Å². The van der Waals surface area contributed by atoms with E-state index in [1.54, 1.807) is 0 Å². The maximum Gasteiger partial charge on any atom is 0.407 e. The minimum absolute atomic E-state index is 0.0328. The number of alkyl carbamates (subject to hydrolysis) is 1. The second-order valence-electron chi connectivity index (χ2n) is 6.17. The van der Waals surface area contributed by atoms with Gasteiger partial charge in [0.05, 0.1) is 6.54 Å². The Hall–Kier alpha value is -1.30. The molecule has 1 rings (SSSR count). The van der Waals surface area contributed by atoms with Crippen LogP contribution in [-0.2, 0) is 9.53 Å². The van der Waals surface area contributed by atoms with E-state index >= 15 is 0 Å². The van der Waals surface area contributed by atoms with Gasteiger partial charge in [-0.25, -0.2) is 4.79 Å². The predicted molar refractivity (Wildman–Crippen MR) is 77.5 cm³/mol. The van der Waals surface area contributed by atoms with Gasteiger partial charge in [-0.3, -0.25) is 9.69 Å². The number of rotatable bonds is 4. The van der Waals surface area contributed by atoms with Crippen LogP contribution in [0, 0.1) is 0 Å². The van der Waals surface area contributed by atoms with Crippen molar-refractivity contribution in [3.63, 3.8) is 0 Å². The van der Waals surface area contributed by atoms with Crippen molar-refractivity contribution < 1.29 is 14.3 Å². The van der Waals surface area contributed by atoms with Gasteiger partial charge in [0.15, 0.2) is 0 Å². The monoisotopic (exact) mass is 285 g/mol. The summed E-state index contributed by atoms with van der Waals surface area (Å²) >= 11 is 0. The van der Waals surface area contributed by atoms with E-state index < -0.39 is 5.60 Å². The van der Waals surface area contributed by atoms with Gasteiger partial charge in [-0.15, -0.1) is 0 Å². The molecule has 0 bridgehead atoms. The fourth-order valence-corrected chi connectivity index (χ4v) is 2.25. The quantitative estimate of drug-likeness (QED) is 0.812. The maximum absolute atomic E-state index is 11.7. The topological polar surface area (TPSA) is 70.7 Å². The molecule has 0 aromatic heterocycles. The lowest BCUT2D eigenvalue weighted by Crippen LogP contribution is -2.51. The lowest BCUT2D eigenvalue weighted by Gasteiger charge is -2.33. The summed E-state index contributed by atoms with van der Waals surface area (Å²) in [6.07, 6.45) is 1.51. The molecule has 0 aromatic carbocycles. The number of carbonyl (C=O) groups is 2. The van der Waals surface area contributed by atoms with Crippen LogP contribution in [0.1, 0.15) is 40.5 Å². The van der Waals surface area contributed by atoms with Crippen molar-refractivity contribution in [3.05, 3.63) is 0 Å². The first-order valence-corrected chi connectivity index (χ1v) is 7.28. The highest BCUT2D eigenvalue weighted by Gasteiger charge is 2.24. The first-order chi connectivity index (χ1) is 9.30. The van der Waals surface area contributed by atoms with Gasteiger partial charge in [0.1, 0.15) is 5.60 Å². The molecule has 6 heteroatoms. The molecule has 1 aliphatic heterocycles. The zero-order chi connectivity index (χ0) is 15.2. The minimum Gasteiger partial charge on any atom is -0.444 e. The number of carbonyl (C=O) groups excluding carboxylic acids is 2. The van der Waals surface area contributed by atoms with Crippen molar-refractivity contribution in [2.75, 3.05) is 26.2 Å². The second-order valence-corrected chi connectivity index (χ2v) is 6.17. The first kappa shape index (κ1) is 16.8. The molecule has 1 aliphatic rings. The first-order valence-electron chi connectivity index (χ1n) is 7.28. The van der Waals surface area contributed by atoms with E-state index in [0.29, 0.717) is 19.6 Å². The zero-order valence-electron chi connectivity index (χ0n) is 13.0. The van der Waals surface area contributed by atoms with Crippen molar-refractivity contribution >= 4 is 12.0 Å². The Morgan fingerprint density at radius 2 is 2.05 bits per heavy atom. The summed E-state index contributed by atoms with van der Waals surface area (Å²) in [7, 11) is 0. The Morgan fingerprint density at radius 1 is 1.35 bits per heavy atom. The van der Waals surface area contributed by atoms with Crippen LogP contribution in [0.3, 0.4) is 0 Å². The molecule has 0 aromatic rings. The summed E-state index contributed by atoms with van der Waals surface area (Å²) in [5.74, 6) is 0.0328. The van der Waals surface area contributed by atoms with Crippen molar-refractivity contribution in [1.29, 1.82) is 0 Å². The number of hydrogen-bond donors (Lipinski definition) is 2. The molecule has 6 nitrogen and oxygen atoms in total. The molecule has 2 N–H and O–H groups in total. The van der Waals surface area contributed by atoms with Gasteiger partial charge in [0.2, 0.25) is 5.91 Å². The molecule has 1 atom stereocenters. The third-order valence-electron chi connectivity index (χ3n) is 2.97. The van der Waals surface area contributed by atoms with Crippen molar-refractivity contribution in [2.45, 2.75) is 52.2 Å². The van der Waals surface area contributed by atoms with Gasteiger partial charge in [-0.05, 0) is 47.1 Å². The van der Waals surface area contributed by atoms with Crippen LogP contribution in [0.4, 0.5) is 4.79 Å². The average Bonchev–Trinajstić information content (AvgIpc) is 2.26. The standard InChI is InChI=1S/C14H27N3O3/c1-5-15-12(18)10-17-8-6-7-11(9-17)16-13(19)20-14(2,3)4/h11H,5-10H2,1-4H3,(H,15,18)(H,16,19)/t11-/m1/s1. The summed E-state index contributed by atoms with van der Waals surface area (Å²) < 4.78 is 5.25. The number of ether oxygens (including phenoxy) is 1. The summed E-state index contributed by atoms with van der Waals surface area (Å²) in [5, 5.41) is 5.66. The largest absolute Gasteiger partial charge is 0.444 e. The van der Waals surface area contributed by atoms with Crippen LogP contribution in [0.2, 0.25) is 0 Å². The van der Waals surface area contributed by atoms with Gasteiger partial charge in [0.25, 0.3) is 0 Å². The lowest BCUT2D eigenvalue weighted by molar-refractivity contribution is -0.122. The summed E-state index contributed by atoms with van der Waals surface area (Å²) in [6, 6.07) is 0.0491. The van der Waals surface area contributed by atoms with Gasteiger partial charge in [-0.2, -0.15) is 0 Å². The predicted octanol–water partition coefficient (Wildman–Crippen LogP) is 1.11. The Kier molecular flexibility index (Phi) is 6.26. The SMILES string of the molecule is CCNC(=O)CN1CCC[C@@H](NC(=O)OC(C)(C)C)C1. The molecule has 1 saturated heterocycles. The van der Waals surface area contributed by atoms with Crippen LogP contribution >= 0.6 is 0 Å². The molecular formula is C14H27N3O3. The summed E-state index contributed by atoms with van der Waals surface area (Å²) in [4.78, 5) is 25.4. The van der Waals surface area contributed by atoms with E-state index in [1.807, 2.05) is 27.7 Å². The minimum atomic E-state index is -0.487. The molecule has 116 valence electrons. The van der Waals surface area contributed by atoms with Gasteiger partial charge >= 0.3 is 6.09 Å². The van der Waals surface area contributed by atoms with Gasteiger partial charge < -0.3 is 15.4 Å². The van der Waals surface area contributed by atoms with Crippen molar-refractivity contribution in [3.8, 4) is 0 Å². The number of amides is 2. The summed E-state index contributed by atoms with van der Waals surface area (Å²) in [6.45, 7) is 10.0. The molecule has 0 unspecified atom stereocenters. The smallest absolute Gasteiger partial charge is 0.407 e. The Balaban J connectivity index is 2.37. The highest BCUT2D eigenvalue weighted by molar-refractivity contribution is 5.78. The fourth-order valence-electron chi connectivity index (χ4n) is 2.25. The third kappa shape index (κ3) is 6.75. The molecule has 2 amide bonds. The molecule has 1 fully saturated rings. The van der Waals surface area contributed by atoms with Crippen LogP contribution in [0.25, 0.3) is 0 Å². The normalized spacial score (nSPS) is 20.3. The van der Waals surface area contributed by atoms with Gasteiger partial charge in [-0.1, -0.05) is 0 Å². The molecule has 1 heterocycles. The number of nitrogens with zero attached hydrogens (tertiary/aromatic N) is 1. The molecular weight excluding hydrogens is 258 g/mol. The molecule has 0 spiro atoms. The van der Waals surface area contributed by atoms with Crippen LogP contribution in [-0.4, -0.2) is 54.7 Å².